The zero-order chi connectivity index (χ0) is 14.1. The number of carbonyl (C=O) groups excluding carboxylic acids is 1. The van der Waals surface area contributed by atoms with Gasteiger partial charge >= 0.3 is 0 Å². The van der Waals surface area contributed by atoms with Gasteiger partial charge in [0, 0.05) is 25.2 Å². The van der Waals surface area contributed by atoms with Gasteiger partial charge in [-0.2, -0.15) is 5.26 Å². The number of amides is 1. The van der Waals surface area contributed by atoms with E-state index in [1.165, 1.54) is 18.3 Å². The Bertz CT molecular complexity index is 494. The molecule has 0 fully saturated rings. The number of nitriles is 1. The van der Waals surface area contributed by atoms with Gasteiger partial charge in [-0.15, -0.1) is 11.6 Å². The van der Waals surface area contributed by atoms with Gasteiger partial charge in [0.05, 0.1) is 0 Å². The molecule has 6 heteroatoms. The molecule has 0 atom stereocenters. The fourth-order valence-electron chi connectivity index (χ4n) is 1.28. The maximum atomic E-state index is 12.7. The van der Waals surface area contributed by atoms with Gasteiger partial charge in [0.25, 0.3) is 5.91 Å². The number of nitrogens with zero attached hydrogens (tertiary/aromatic N) is 1. The molecule has 0 bridgehead atoms. The number of benzene rings is 1. The standard InChI is InChI=1S/C13H13ClFN3O/c14-5-6-18-13(19)11(7-16)9-17-8-10-1-3-12(15)4-2-10/h1-4,9,17H,5-6,8H2,(H,18,19)/b11-9-. The summed E-state index contributed by atoms with van der Waals surface area (Å²) in [6.45, 7) is 0.700. The second kappa shape index (κ2) is 8.11. The van der Waals surface area contributed by atoms with Gasteiger partial charge in [-0.25, -0.2) is 4.39 Å². The molecule has 1 amide bonds. The minimum Gasteiger partial charge on any atom is -0.386 e. The highest BCUT2D eigenvalue weighted by Gasteiger charge is 2.06. The zero-order valence-electron chi connectivity index (χ0n) is 10.1. The number of hydrogen-bond acceptors (Lipinski definition) is 3. The lowest BCUT2D eigenvalue weighted by Crippen LogP contribution is -2.27. The van der Waals surface area contributed by atoms with Crippen molar-refractivity contribution in [1.29, 1.82) is 5.26 Å². The molecule has 0 unspecified atom stereocenters. The molecule has 0 aliphatic heterocycles. The zero-order valence-corrected chi connectivity index (χ0v) is 10.9. The molecule has 0 spiro atoms. The van der Waals surface area contributed by atoms with Gasteiger partial charge < -0.3 is 10.6 Å². The van der Waals surface area contributed by atoms with Gasteiger partial charge in [-0.05, 0) is 17.7 Å². The van der Waals surface area contributed by atoms with Crippen molar-refractivity contribution in [3.63, 3.8) is 0 Å². The predicted molar refractivity (Wildman–Crippen MR) is 70.7 cm³/mol. The van der Waals surface area contributed by atoms with Crippen LogP contribution in [-0.2, 0) is 11.3 Å². The van der Waals surface area contributed by atoms with E-state index in [9.17, 15) is 9.18 Å². The Balaban J connectivity index is 2.51. The third-order valence-electron chi connectivity index (χ3n) is 2.21. The second-order valence-corrected chi connectivity index (χ2v) is 4.00. The molecular formula is C13H13ClFN3O. The molecule has 0 saturated heterocycles. The summed E-state index contributed by atoms with van der Waals surface area (Å²) < 4.78 is 12.7. The predicted octanol–water partition coefficient (Wildman–Crippen LogP) is 1.68. The van der Waals surface area contributed by atoms with E-state index in [1.807, 2.05) is 0 Å². The summed E-state index contributed by atoms with van der Waals surface area (Å²) in [5, 5.41) is 14.1. The summed E-state index contributed by atoms with van der Waals surface area (Å²) in [7, 11) is 0. The summed E-state index contributed by atoms with van der Waals surface area (Å²) in [6, 6.07) is 7.72. The van der Waals surface area contributed by atoms with Crippen molar-refractivity contribution >= 4 is 17.5 Å². The monoisotopic (exact) mass is 281 g/mol. The molecule has 0 aliphatic rings. The fourth-order valence-corrected chi connectivity index (χ4v) is 1.37. The van der Waals surface area contributed by atoms with Crippen molar-refractivity contribution in [1.82, 2.24) is 10.6 Å². The van der Waals surface area contributed by atoms with Crippen LogP contribution >= 0.6 is 11.6 Å². The Morgan fingerprint density at radius 2 is 2.11 bits per heavy atom. The van der Waals surface area contributed by atoms with Crippen LogP contribution in [0.5, 0.6) is 0 Å². The van der Waals surface area contributed by atoms with Crippen molar-refractivity contribution in [3.8, 4) is 6.07 Å². The quantitative estimate of drug-likeness (QED) is 0.474. The number of alkyl halides is 1. The largest absolute Gasteiger partial charge is 0.386 e. The van der Waals surface area contributed by atoms with Crippen LogP contribution in [0.3, 0.4) is 0 Å². The Hall–Kier alpha value is -2.06. The second-order valence-electron chi connectivity index (χ2n) is 3.62. The molecule has 1 aromatic carbocycles. The number of hydrogen-bond donors (Lipinski definition) is 2. The van der Waals surface area contributed by atoms with E-state index in [4.69, 9.17) is 16.9 Å². The lowest BCUT2D eigenvalue weighted by molar-refractivity contribution is -0.117. The molecule has 2 N–H and O–H groups in total. The molecule has 0 radical (unpaired) electrons. The van der Waals surface area contributed by atoms with Crippen LogP contribution in [0.2, 0.25) is 0 Å². The molecule has 0 heterocycles. The van der Waals surface area contributed by atoms with Crippen molar-refractivity contribution in [3.05, 3.63) is 47.4 Å². The average molecular weight is 282 g/mol. The van der Waals surface area contributed by atoms with Crippen LogP contribution in [0.4, 0.5) is 4.39 Å². The fraction of sp³-hybridized carbons (Fsp3) is 0.231. The molecule has 0 aromatic heterocycles. The van der Waals surface area contributed by atoms with E-state index in [0.717, 1.165) is 5.56 Å². The highest BCUT2D eigenvalue weighted by atomic mass is 35.5. The maximum Gasteiger partial charge on any atom is 0.263 e. The third kappa shape index (κ3) is 5.40. The van der Waals surface area contributed by atoms with Crippen LogP contribution in [0.15, 0.2) is 36.0 Å². The van der Waals surface area contributed by atoms with Crippen LogP contribution in [-0.4, -0.2) is 18.3 Å². The van der Waals surface area contributed by atoms with Gasteiger partial charge in [0.2, 0.25) is 0 Å². The van der Waals surface area contributed by atoms with Crippen molar-refractivity contribution in [2.45, 2.75) is 6.54 Å². The molecule has 1 rings (SSSR count). The van der Waals surface area contributed by atoms with Gasteiger partial charge in [-0.1, -0.05) is 12.1 Å². The Kier molecular flexibility index (Phi) is 6.41. The van der Waals surface area contributed by atoms with Crippen molar-refractivity contribution in [2.24, 2.45) is 0 Å². The molecule has 100 valence electrons. The van der Waals surface area contributed by atoms with Gasteiger partial charge in [0.15, 0.2) is 0 Å². The summed E-state index contributed by atoms with van der Waals surface area (Å²) in [4.78, 5) is 11.5. The first kappa shape index (κ1) is 15.0. The van der Waals surface area contributed by atoms with Crippen molar-refractivity contribution < 1.29 is 9.18 Å². The van der Waals surface area contributed by atoms with E-state index in [-0.39, 0.29) is 17.3 Å². The molecule has 0 saturated carbocycles. The van der Waals surface area contributed by atoms with E-state index < -0.39 is 5.91 Å². The first-order valence-electron chi connectivity index (χ1n) is 5.59. The van der Waals surface area contributed by atoms with Crippen molar-refractivity contribution in [2.75, 3.05) is 12.4 Å². The number of halogens is 2. The maximum absolute atomic E-state index is 12.7. The average Bonchev–Trinajstić information content (AvgIpc) is 2.43. The lowest BCUT2D eigenvalue weighted by Gasteiger charge is -2.03. The summed E-state index contributed by atoms with van der Waals surface area (Å²) in [5.74, 6) is -0.500. The van der Waals surface area contributed by atoms with Crippen LogP contribution in [0.25, 0.3) is 0 Å². The topological polar surface area (TPSA) is 64.9 Å². The normalized spacial score (nSPS) is 10.7. The Morgan fingerprint density at radius 3 is 2.68 bits per heavy atom. The summed E-state index contributed by atoms with van der Waals surface area (Å²) in [5.41, 5.74) is 0.809. The molecule has 1 aromatic rings. The van der Waals surface area contributed by atoms with E-state index >= 15 is 0 Å². The Labute approximate surface area is 115 Å². The highest BCUT2D eigenvalue weighted by molar-refractivity contribution is 6.18. The Morgan fingerprint density at radius 1 is 1.42 bits per heavy atom. The first-order chi connectivity index (χ1) is 9.17. The highest BCUT2D eigenvalue weighted by Crippen LogP contribution is 2.02. The van der Waals surface area contributed by atoms with Gasteiger partial charge in [0.1, 0.15) is 17.5 Å². The van der Waals surface area contributed by atoms with E-state index in [0.29, 0.717) is 13.1 Å². The van der Waals surface area contributed by atoms with Crippen LogP contribution in [0, 0.1) is 17.1 Å². The molecule has 19 heavy (non-hydrogen) atoms. The van der Waals surface area contributed by atoms with E-state index in [1.54, 1.807) is 18.2 Å². The van der Waals surface area contributed by atoms with Crippen LogP contribution < -0.4 is 10.6 Å². The van der Waals surface area contributed by atoms with Crippen LogP contribution in [0.1, 0.15) is 5.56 Å². The smallest absolute Gasteiger partial charge is 0.263 e. The summed E-state index contributed by atoms with van der Waals surface area (Å²) >= 11 is 5.43. The molecule has 4 nitrogen and oxygen atoms in total. The molecule has 0 aliphatic carbocycles. The lowest BCUT2D eigenvalue weighted by atomic mass is 10.2. The van der Waals surface area contributed by atoms with E-state index in [2.05, 4.69) is 10.6 Å². The number of rotatable bonds is 6. The first-order valence-corrected chi connectivity index (χ1v) is 6.13. The number of carbonyl (C=O) groups is 1. The minimum atomic E-state index is -0.477. The third-order valence-corrected chi connectivity index (χ3v) is 2.40. The number of nitrogens with one attached hydrogen (secondary N) is 2. The minimum absolute atomic E-state index is 0.0350. The van der Waals surface area contributed by atoms with Gasteiger partial charge in [-0.3, -0.25) is 4.79 Å². The SMILES string of the molecule is N#C/C(=C/NCc1ccc(F)cc1)C(=O)NCCCl. The molecular weight excluding hydrogens is 269 g/mol. The summed E-state index contributed by atoms with van der Waals surface area (Å²) in [6.07, 6.45) is 1.33.